The van der Waals surface area contributed by atoms with Gasteiger partial charge in [0.25, 0.3) is 0 Å². The SMILES string of the molecule is COc1ccc(N2CCN(S(=O)(=O)c3ccc4c(c3)C[C@@H](C)N4)CC2)cc1. The molecule has 4 rings (SSSR count). The van der Waals surface area contributed by atoms with Gasteiger partial charge in [0, 0.05) is 43.6 Å². The lowest BCUT2D eigenvalue weighted by molar-refractivity contribution is 0.384. The molecular formula is C20H25N3O3S. The van der Waals surface area contributed by atoms with E-state index in [0.29, 0.717) is 37.1 Å². The van der Waals surface area contributed by atoms with E-state index in [-0.39, 0.29) is 0 Å². The van der Waals surface area contributed by atoms with E-state index in [1.807, 2.05) is 36.4 Å². The topological polar surface area (TPSA) is 61.9 Å². The van der Waals surface area contributed by atoms with Crippen molar-refractivity contribution in [2.75, 3.05) is 43.5 Å². The Balaban J connectivity index is 1.46. The van der Waals surface area contributed by atoms with Crippen LogP contribution in [0.25, 0.3) is 0 Å². The Morgan fingerprint density at radius 3 is 2.41 bits per heavy atom. The maximum Gasteiger partial charge on any atom is 0.243 e. The number of ether oxygens (including phenoxy) is 1. The highest BCUT2D eigenvalue weighted by Crippen LogP contribution is 2.30. The molecule has 0 amide bonds. The molecule has 2 aromatic carbocycles. The summed E-state index contributed by atoms with van der Waals surface area (Å²) in [5.74, 6) is 0.820. The second-order valence-corrected chi connectivity index (χ2v) is 9.10. The van der Waals surface area contributed by atoms with E-state index in [2.05, 4.69) is 17.1 Å². The summed E-state index contributed by atoms with van der Waals surface area (Å²) >= 11 is 0. The molecule has 7 heteroatoms. The fraction of sp³-hybridized carbons (Fsp3) is 0.400. The Kier molecular flexibility index (Phi) is 4.74. The lowest BCUT2D eigenvalue weighted by Gasteiger charge is -2.35. The molecule has 144 valence electrons. The predicted octanol–water partition coefficient (Wildman–Crippen LogP) is 2.56. The van der Waals surface area contributed by atoms with Crippen LogP contribution in [0.3, 0.4) is 0 Å². The van der Waals surface area contributed by atoms with Gasteiger partial charge in [-0.2, -0.15) is 4.31 Å². The number of nitrogens with one attached hydrogen (secondary N) is 1. The van der Waals surface area contributed by atoms with Crippen molar-refractivity contribution in [1.82, 2.24) is 4.31 Å². The van der Waals surface area contributed by atoms with Crippen molar-refractivity contribution in [2.24, 2.45) is 0 Å². The number of sulfonamides is 1. The van der Waals surface area contributed by atoms with E-state index < -0.39 is 10.0 Å². The van der Waals surface area contributed by atoms with Gasteiger partial charge >= 0.3 is 0 Å². The summed E-state index contributed by atoms with van der Waals surface area (Å²) in [6.07, 6.45) is 0.865. The van der Waals surface area contributed by atoms with Gasteiger partial charge in [-0.1, -0.05) is 0 Å². The Morgan fingerprint density at radius 2 is 1.74 bits per heavy atom. The number of fused-ring (bicyclic) bond motifs is 1. The molecule has 0 spiro atoms. The first-order chi connectivity index (χ1) is 13.0. The molecule has 0 saturated carbocycles. The molecule has 0 unspecified atom stereocenters. The number of piperazine rings is 1. The summed E-state index contributed by atoms with van der Waals surface area (Å²) in [4.78, 5) is 2.61. The van der Waals surface area contributed by atoms with Crippen LogP contribution in [0.2, 0.25) is 0 Å². The third-order valence-corrected chi connectivity index (χ3v) is 7.21. The average Bonchev–Trinajstić information content (AvgIpc) is 3.07. The zero-order chi connectivity index (χ0) is 19.0. The van der Waals surface area contributed by atoms with E-state index in [1.54, 1.807) is 17.5 Å². The number of methoxy groups -OCH3 is 1. The molecule has 27 heavy (non-hydrogen) atoms. The zero-order valence-electron chi connectivity index (χ0n) is 15.7. The van der Waals surface area contributed by atoms with Gasteiger partial charge in [0.05, 0.1) is 12.0 Å². The molecule has 2 aliphatic rings. The van der Waals surface area contributed by atoms with Crippen molar-refractivity contribution < 1.29 is 13.2 Å². The zero-order valence-corrected chi connectivity index (χ0v) is 16.5. The average molecular weight is 388 g/mol. The van der Waals surface area contributed by atoms with Gasteiger partial charge < -0.3 is 15.0 Å². The predicted molar refractivity (Wildman–Crippen MR) is 107 cm³/mol. The van der Waals surface area contributed by atoms with E-state index in [9.17, 15) is 8.42 Å². The largest absolute Gasteiger partial charge is 0.497 e. The molecule has 2 aliphatic heterocycles. The molecule has 0 aliphatic carbocycles. The Labute approximate surface area is 160 Å². The van der Waals surface area contributed by atoms with E-state index in [1.165, 1.54) is 0 Å². The van der Waals surface area contributed by atoms with Crippen LogP contribution in [0, 0.1) is 0 Å². The van der Waals surface area contributed by atoms with Gasteiger partial charge in [0.1, 0.15) is 5.75 Å². The van der Waals surface area contributed by atoms with Gasteiger partial charge in [0.15, 0.2) is 0 Å². The highest BCUT2D eigenvalue weighted by atomic mass is 32.2. The molecule has 0 aromatic heterocycles. The van der Waals surface area contributed by atoms with E-state index in [0.717, 1.165) is 29.1 Å². The van der Waals surface area contributed by atoms with Gasteiger partial charge in [-0.05, 0) is 61.4 Å². The minimum atomic E-state index is -3.46. The van der Waals surface area contributed by atoms with E-state index >= 15 is 0 Å². The smallest absolute Gasteiger partial charge is 0.243 e. The van der Waals surface area contributed by atoms with Crippen molar-refractivity contribution >= 4 is 21.4 Å². The van der Waals surface area contributed by atoms with Gasteiger partial charge in [0.2, 0.25) is 10.0 Å². The lowest BCUT2D eigenvalue weighted by atomic mass is 10.1. The highest BCUT2D eigenvalue weighted by Gasteiger charge is 2.30. The highest BCUT2D eigenvalue weighted by molar-refractivity contribution is 7.89. The standard InChI is InChI=1S/C20H25N3O3S/c1-15-13-16-14-19(7-8-20(16)21-15)27(24,25)23-11-9-22(10-12-23)17-3-5-18(26-2)6-4-17/h3-8,14-15,21H,9-13H2,1-2H3/t15-/m1/s1. The van der Waals surface area contributed by atoms with Crippen molar-refractivity contribution in [3.63, 3.8) is 0 Å². The van der Waals surface area contributed by atoms with Crippen LogP contribution >= 0.6 is 0 Å². The molecule has 0 radical (unpaired) electrons. The van der Waals surface area contributed by atoms with Crippen molar-refractivity contribution in [2.45, 2.75) is 24.3 Å². The molecule has 2 heterocycles. The van der Waals surface area contributed by atoms with Gasteiger partial charge in [-0.25, -0.2) is 8.42 Å². The van der Waals surface area contributed by atoms with Gasteiger partial charge in [-0.15, -0.1) is 0 Å². The first kappa shape index (κ1) is 18.1. The van der Waals surface area contributed by atoms with Crippen molar-refractivity contribution in [1.29, 1.82) is 0 Å². The number of anilines is 2. The molecule has 6 nitrogen and oxygen atoms in total. The molecule has 2 aromatic rings. The van der Waals surface area contributed by atoms with Crippen LogP contribution in [0.5, 0.6) is 5.75 Å². The van der Waals surface area contributed by atoms with Crippen molar-refractivity contribution in [3.8, 4) is 5.75 Å². The maximum absolute atomic E-state index is 13.1. The first-order valence-corrected chi connectivity index (χ1v) is 10.7. The van der Waals surface area contributed by atoms with Crippen LogP contribution in [-0.4, -0.2) is 52.1 Å². The number of rotatable bonds is 4. The Morgan fingerprint density at radius 1 is 1.04 bits per heavy atom. The Hall–Kier alpha value is -2.25. The molecular weight excluding hydrogens is 362 g/mol. The molecule has 1 atom stereocenters. The van der Waals surface area contributed by atoms with Crippen LogP contribution in [0.1, 0.15) is 12.5 Å². The summed E-state index contributed by atoms with van der Waals surface area (Å²) in [6.45, 7) is 4.43. The van der Waals surface area contributed by atoms with Crippen LogP contribution in [-0.2, 0) is 16.4 Å². The fourth-order valence-corrected chi connectivity index (χ4v) is 5.29. The van der Waals surface area contributed by atoms with Gasteiger partial charge in [-0.3, -0.25) is 0 Å². The van der Waals surface area contributed by atoms with Crippen LogP contribution in [0.15, 0.2) is 47.4 Å². The quantitative estimate of drug-likeness (QED) is 0.874. The monoisotopic (exact) mass is 387 g/mol. The Bertz CT molecular complexity index is 920. The normalized spacial score (nSPS) is 20.2. The summed E-state index contributed by atoms with van der Waals surface area (Å²) in [5, 5.41) is 3.36. The fourth-order valence-electron chi connectivity index (χ4n) is 3.82. The lowest BCUT2D eigenvalue weighted by Crippen LogP contribution is -2.48. The summed E-state index contributed by atoms with van der Waals surface area (Å²) in [6, 6.07) is 13.7. The summed E-state index contributed by atoms with van der Waals surface area (Å²) in [5.41, 5.74) is 3.22. The summed E-state index contributed by atoms with van der Waals surface area (Å²) in [7, 11) is -1.81. The van der Waals surface area contributed by atoms with Crippen LogP contribution < -0.4 is 15.0 Å². The number of hydrogen-bond donors (Lipinski definition) is 1. The van der Waals surface area contributed by atoms with Crippen LogP contribution in [0.4, 0.5) is 11.4 Å². The number of benzene rings is 2. The second kappa shape index (κ2) is 7.05. The number of hydrogen-bond acceptors (Lipinski definition) is 5. The molecule has 1 saturated heterocycles. The second-order valence-electron chi connectivity index (χ2n) is 7.16. The van der Waals surface area contributed by atoms with E-state index in [4.69, 9.17) is 4.74 Å². The minimum Gasteiger partial charge on any atom is -0.497 e. The first-order valence-electron chi connectivity index (χ1n) is 9.26. The summed E-state index contributed by atoms with van der Waals surface area (Å²) < 4.78 is 32.9. The molecule has 0 bridgehead atoms. The number of nitrogens with zero attached hydrogens (tertiary/aromatic N) is 2. The maximum atomic E-state index is 13.1. The third-order valence-electron chi connectivity index (χ3n) is 5.32. The molecule has 1 N–H and O–H groups in total. The van der Waals surface area contributed by atoms with Crippen molar-refractivity contribution in [3.05, 3.63) is 48.0 Å². The minimum absolute atomic E-state index is 0.353. The molecule has 1 fully saturated rings. The third kappa shape index (κ3) is 3.49.